The van der Waals surface area contributed by atoms with E-state index in [1.165, 1.54) is 13.0 Å². The molecule has 23 heavy (non-hydrogen) atoms. The number of aryl methyl sites for hydroxylation is 2. The number of imidazole rings is 1. The van der Waals surface area contributed by atoms with E-state index in [0.29, 0.717) is 6.54 Å². The van der Waals surface area contributed by atoms with Crippen LogP contribution in [0.2, 0.25) is 0 Å². The number of carbonyl (C=O) groups is 2. The van der Waals surface area contributed by atoms with Gasteiger partial charge in [0.2, 0.25) is 0 Å². The van der Waals surface area contributed by atoms with E-state index in [1.807, 2.05) is 17.8 Å². The quantitative estimate of drug-likeness (QED) is 0.463. The molecule has 1 aromatic heterocycles. The molecule has 1 unspecified atom stereocenters. The number of esters is 1. The Labute approximate surface area is 140 Å². The predicted molar refractivity (Wildman–Crippen MR) is 89.8 cm³/mol. The van der Waals surface area contributed by atoms with Crippen LogP contribution in [0.5, 0.6) is 0 Å². The molecule has 0 saturated carbocycles. The summed E-state index contributed by atoms with van der Waals surface area (Å²) >= 11 is 0.966. The molecule has 0 aromatic carbocycles. The lowest BCUT2D eigenvalue weighted by molar-refractivity contribution is -0.147. The fraction of sp³-hybridized carbons (Fsp3) is 0.562. The lowest BCUT2D eigenvalue weighted by atomic mass is 10.0. The first-order valence-corrected chi connectivity index (χ1v) is 8.57. The topological polar surface area (TPSA) is 73.2 Å². The number of hydrogen-bond donors (Lipinski definition) is 1. The summed E-state index contributed by atoms with van der Waals surface area (Å²) in [5.41, 5.74) is -0.605. The number of ether oxygens (including phenoxy) is 1. The van der Waals surface area contributed by atoms with E-state index in [1.54, 1.807) is 6.20 Å². The summed E-state index contributed by atoms with van der Waals surface area (Å²) in [6.45, 7) is 5.65. The number of hydrogen-bond acceptors (Lipinski definition) is 6. The Morgan fingerprint density at radius 3 is 3.04 bits per heavy atom. The molecule has 2 rings (SSSR count). The van der Waals surface area contributed by atoms with Gasteiger partial charge in [-0.3, -0.25) is 9.59 Å². The normalized spacial score (nSPS) is 21.8. The van der Waals surface area contributed by atoms with Crippen LogP contribution < -0.4 is 5.32 Å². The lowest BCUT2D eigenvalue weighted by Gasteiger charge is -2.15. The fourth-order valence-electron chi connectivity index (χ4n) is 2.65. The van der Waals surface area contributed by atoms with Crippen molar-refractivity contribution in [2.24, 2.45) is 13.0 Å². The van der Waals surface area contributed by atoms with E-state index < -0.39 is 5.44 Å². The van der Waals surface area contributed by atoms with Crippen LogP contribution in [0.25, 0.3) is 0 Å². The number of thioether (sulfide) groups is 1. The molecule has 7 heteroatoms. The van der Waals surface area contributed by atoms with Crippen LogP contribution in [0.15, 0.2) is 25.0 Å². The first-order valence-electron chi connectivity index (χ1n) is 7.69. The number of carbonyl (C=O) groups excluding carboxylic acids is 2. The van der Waals surface area contributed by atoms with Gasteiger partial charge in [0.25, 0.3) is 0 Å². The van der Waals surface area contributed by atoms with Crippen LogP contribution in [0.3, 0.4) is 0 Å². The van der Waals surface area contributed by atoms with Gasteiger partial charge in [-0.25, -0.2) is 4.98 Å². The molecular weight excluding hydrogens is 314 g/mol. The molecule has 3 atom stereocenters. The summed E-state index contributed by atoms with van der Waals surface area (Å²) in [7, 11) is 1.98. The summed E-state index contributed by atoms with van der Waals surface area (Å²) < 4.78 is 7.35. The maximum atomic E-state index is 12.2. The van der Waals surface area contributed by atoms with Crippen molar-refractivity contribution in [3.63, 3.8) is 0 Å². The summed E-state index contributed by atoms with van der Waals surface area (Å²) in [5, 5.41) is 3.27. The molecule has 1 N–H and O–H groups in total. The first kappa shape index (κ1) is 17.7. The highest BCUT2D eigenvalue weighted by atomic mass is 32.2. The van der Waals surface area contributed by atoms with Crippen LogP contribution in [-0.4, -0.2) is 38.7 Å². The van der Waals surface area contributed by atoms with Gasteiger partial charge in [0.05, 0.1) is 5.92 Å². The zero-order chi connectivity index (χ0) is 16.8. The van der Waals surface area contributed by atoms with Gasteiger partial charge in [-0.1, -0.05) is 6.58 Å². The standard InChI is InChI=1S/C16H23N3O3S/c1-4-15(23-11(2)20)22-16(21)12-9-13(18-10-12)5-6-14-17-7-8-19(14)3/h4,7-8,12-13,15,18H,1,5-6,9-10H2,2-3H3/t12-,13+,15?/m0/s1. The van der Waals surface area contributed by atoms with E-state index in [-0.39, 0.29) is 23.0 Å². The third-order valence-electron chi connectivity index (χ3n) is 3.90. The minimum Gasteiger partial charge on any atom is -0.446 e. The number of nitrogens with zero attached hydrogens (tertiary/aromatic N) is 2. The van der Waals surface area contributed by atoms with Crippen LogP contribution >= 0.6 is 11.8 Å². The van der Waals surface area contributed by atoms with E-state index in [2.05, 4.69) is 16.9 Å². The first-order chi connectivity index (χ1) is 11.0. The molecule has 1 aromatic rings. The Hall–Kier alpha value is -1.60. The Bertz CT molecular complexity index is 573. The highest BCUT2D eigenvalue weighted by Crippen LogP contribution is 2.22. The predicted octanol–water partition coefficient (Wildman–Crippen LogP) is 1.67. The number of nitrogens with one attached hydrogen (secondary N) is 1. The van der Waals surface area contributed by atoms with Gasteiger partial charge in [0.1, 0.15) is 5.82 Å². The molecule has 1 aliphatic heterocycles. The van der Waals surface area contributed by atoms with E-state index in [9.17, 15) is 9.59 Å². The summed E-state index contributed by atoms with van der Waals surface area (Å²) in [6, 6.07) is 0.284. The van der Waals surface area contributed by atoms with Gasteiger partial charge >= 0.3 is 5.97 Å². The highest BCUT2D eigenvalue weighted by Gasteiger charge is 2.31. The van der Waals surface area contributed by atoms with Crippen molar-refractivity contribution < 1.29 is 14.3 Å². The molecular formula is C16H23N3O3S. The smallest absolute Gasteiger partial charge is 0.311 e. The second-order valence-corrected chi connectivity index (χ2v) is 6.96. The Morgan fingerprint density at radius 2 is 2.43 bits per heavy atom. The van der Waals surface area contributed by atoms with Crippen LogP contribution in [0.4, 0.5) is 0 Å². The fourth-order valence-corrected chi connectivity index (χ4v) is 3.22. The molecule has 1 fully saturated rings. The minimum atomic E-state index is -0.605. The third kappa shape index (κ3) is 5.21. The van der Waals surface area contributed by atoms with Crippen molar-refractivity contribution in [1.82, 2.24) is 14.9 Å². The van der Waals surface area contributed by atoms with Crippen molar-refractivity contribution in [1.29, 1.82) is 0 Å². The zero-order valence-electron chi connectivity index (χ0n) is 13.5. The maximum Gasteiger partial charge on any atom is 0.311 e. The highest BCUT2D eigenvalue weighted by molar-refractivity contribution is 8.14. The number of rotatable bonds is 7. The van der Waals surface area contributed by atoms with Gasteiger partial charge in [-0.2, -0.15) is 0 Å². The molecule has 0 spiro atoms. The van der Waals surface area contributed by atoms with E-state index >= 15 is 0 Å². The number of aromatic nitrogens is 2. The summed E-state index contributed by atoms with van der Waals surface area (Å²) in [5.74, 6) is 0.606. The lowest BCUT2D eigenvalue weighted by Crippen LogP contribution is -2.24. The van der Waals surface area contributed by atoms with Gasteiger partial charge < -0.3 is 14.6 Å². The zero-order valence-corrected chi connectivity index (χ0v) is 14.3. The van der Waals surface area contributed by atoms with Crippen molar-refractivity contribution in [2.45, 2.75) is 37.7 Å². The van der Waals surface area contributed by atoms with Crippen molar-refractivity contribution in [2.75, 3.05) is 6.54 Å². The average Bonchev–Trinajstić information content (AvgIpc) is 3.12. The minimum absolute atomic E-state index is 0.0970. The van der Waals surface area contributed by atoms with Crippen LogP contribution in [0.1, 0.15) is 25.6 Å². The average molecular weight is 337 g/mol. The second kappa shape index (κ2) is 8.31. The van der Waals surface area contributed by atoms with Crippen molar-refractivity contribution >= 4 is 22.8 Å². The maximum absolute atomic E-state index is 12.2. The molecule has 0 radical (unpaired) electrons. The van der Waals surface area contributed by atoms with Gasteiger partial charge in [0.15, 0.2) is 10.6 Å². The SMILES string of the molecule is C=CC(OC(=O)[C@@H]1CN[C@H](CCc2nccn2C)C1)SC(C)=O. The molecule has 2 heterocycles. The monoisotopic (exact) mass is 337 g/mol. The van der Waals surface area contributed by atoms with Gasteiger partial charge in [-0.05, 0) is 30.7 Å². The van der Waals surface area contributed by atoms with E-state index in [0.717, 1.165) is 36.8 Å². The summed E-state index contributed by atoms with van der Waals surface area (Å²) in [4.78, 5) is 27.6. The Kier molecular flexibility index (Phi) is 6.41. The molecule has 0 aliphatic carbocycles. The van der Waals surface area contributed by atoms with Gasteiger partial charge in [0, 0.05) is 45.4 Å². The van der Waals surface area contributed by atoms with Crippen molar-refractivity contribution in [3.8, 4) is 0 Å². The molecule has 126 valence electrons. The molecule has 0 amide bonds. The molecule has 1 aliphatic rings. The summed E-state index contributed by atoms with van der Waals surface area (Å²) in [6.07, 6.45) is 7.75. The molecule has 6 nitrogen and oxygen atoms in total. The Morgan fingerprint density at radius 1 is 1.65 bits per heavy atom. The largest absolute Gasteiger partial charge is 0.446 e. The van der Waals surface area contributed by atoms with Crippen LogP contribution in [0, 0.1) is 5.92 Å². The second-order valence-electron chi connectivity index (χ2n) is 5.68. The van der Waals surface area contributed by atoms with Gasteiger partial charge in [-0.15, -0.1) is 0 Å². The van der Waals surface area contributed by atoms with Crippen LogP contribution in [-0.2, 0) is 27.8 Å². The molecule has 1 saturated heterocycles. The third-order valence-corrected chi connectivity index (χ3v) is 4.75. The van der Waals surface area contributed by atoms with Crippen molar-refractivity contribution in [3.05, 3.63) is 30.9 Å². The molecule has 0 bridgehead atoms. The van der Waals surface area contributed by atoms with E-state index in [4.69, 9.17) is 4.74 Å². The Balaban J connectivity index is 1.77.